The van der Waals surface area contributed by atoms with Gasteiger partial charge in [0.05, 0.1) is 11.7 Å². The molecule has 13 heavy (non-hydrogen) atoms. The van der Waals surface area contributed by atoms with Gasteiger partial charge in [0.25, 0.3) is 0 Å². The summed E-state index contributed by atoms with van der Waals surface area (Å²) in [6, 6.07) is 1.53. The van der Waals surface area contributed by atoms with E-state index < -0.39 is 0 Å². The Morgan fingerprint density at radius 2 is 2.38 bits per heavy atom. The summed E-state index contributed by atoms with van der Waals surface area (Å²) in [4.78, 5) is 14.7. The van der Waals surface area contributed by atoms with E-state index in [9.17, 15) is 4.79 Å². The van der Waals surface area contributed by atoms with Crippen LogP contribution in [0.4, 0.5) is 0 Å². The minimum atomic E-state index is 0.308. The van der Waals surface area contributed by atoms with Crippen LogP contribution in [0.2, 0.25) is 5.15 Å². The van der Waals surface area contributed by atoms with Gasteiger partial charge >= 0.3 is 0 Å². The normalized spacial score (nSPS) is 10.6. The lowest BCUT2D eigenvalue weighted by Crippen LogP contribution is -1.94. The molecule has 2 aromatic rings. The molecule has 4 nitrogen and oxygen atoms in total. The highest BCUT2D eigenvalue weighted by molar-refractivity contribution is 6.30. The topological polar surface area (TPSA) is 47.8 Å². The van der Waals surface area contributed by atoms with Crippen LogP contribution in [-0.2, 0) is 7.05 Å². The number of aryl methyl sites for hydroxylation is 1. The first-order valence-corrected chi connectivity index (χ1v) is 4.03. The molecule has 5 heteroatoms. The minimum absolute atomic E-state index is 0.308. The van der Waals surface area contributed by atoms with E-state index in [1.54, 1.807) is 17.9 Å². The van der Waals surface area contributed by atoms with E-state index in [1.807, 2.05) is 0 Å². The first-order chi connectivity index (χ1) is 6.22. The highest BCUT2D eigenvalue weighted by atomic mass is 35.5. The molecule has 0 aliphatic carbocycles. The van der Waals surface area contributed by atoms with Gasteiger partial charge in [-0.25, -0.2) is 4.98 Å². The largest absolute Gasteiger partial charge is 0.298 e. The average molecular weight is 196 g/mol. The molecular formula is C8H6ClN3O. The van der Waals surface area contributed by atoms with Crippen molar-refractivity contribution in [1.82, 2.24) is 14.8 Å². The lowest BCUT2D eigenvalue weighted by atomic mass is 10.2. The minimum Gasteiger partial charge on any atom is -0.298 e. The molecule has 0 saturated heterocycles. The highest BCUT2D eigenvalue weighted by Gasteiger charge is 2.07. The maximum absolute atomic E-state index is 10.7. The van der Waals surface area contributed by atoms with Crippen LogP contribution in [0.3, 0.4) is 0 Å². The molecule has 66 valence electrons. The van der Waals surface area contributed by atoms with Crippen LogP contribution in [-0.4, -0.2) is 21.1 Å². The summed E-state index contributed by atoms with van der Waals surface area (Å²) in [5.74, 6) is 0. The van der Waals surface area contributed by atoms with Gasteiger partial charge in [0.1, 0.15) is 10.7 Å². The number of hydrogen-bond acceptors (Lipinski definition) is 3. The molecule has 0 spiro atoms. The van der Waals surface area contributed by atoms with Crippen molar-refractivity contribution in [1.29, 1.82) is 0 Å². The number of nitrogens with zero attached hydrogens (tertiary/aromatic N) is 3. The molecule has 0 atom stereocenters. The zero-order valence-electron chi connectivity index (χ0n) is 6.86. The molecule has 0 N–H and O–H groups in total. The monoisotopic (exact) mass is 195 g/mol. The van der Waals surface area contributed by atoms with Crippen LogP contribution < -0.4 is 0 Å². The van der Waals surface area contributed by atoms with Crippen molar-refractivity contribution in [3.63, 3.8) is 0 Å². The Bertz CT molecular complexity index is 477. The smallest absolute Gasteiger partial charge is 0.152 e. The quantitative estimate of drug-likeness (QED) is 0.511. The Morgan fingerprint density at radius 1 is 1.62 bits per heavy atom. The van der Waals surface area contributed by atoms with Gasteiger partial charge in [-0.2, -0.15) is 5.10 Å². The Kier molecular flexibility index (Phi) is 1.77. The van der Waals surface area contributed by atoms with Crippen LogP contribution >= 0.6 is 11.6 Å². The van der Waals surface area contributed by atoms with Gasteiger partial charge in [-0.15, -0.1) is 0 Å². The predicted octanol–water partition coefficient (Wildman–Crippen LogP) is 1.43. The lowest BCUT2D eigenvalue weighted by molar-refractivity contribution is 0.112. The molecule has 0 amide bonds. The van der Waals surface area contributed by atoms with Crippen LogP contribution in [0.5, 0.6) is 0 Å². The zero-order valence-corrected chi connectivity index (χ0v) is 7.62. The molecule has 2 rings (SSSR count). The second-order valence-corrected chi connectivity index (χ2v) is 3.04. The summed E-state index contributed by atoms with van der Waals surface area (Å²) >= 11 is 5.70. The Balaban J connectivity index is 2.92. The second kappa shape index (κ2) is 2.81. The van der Waals surface area contributed by atoms with E-state index in [0.717, 1.165) is 6.29 Å². The number of fused-ring (bicyclic) bond motifs is 1. The number of halogens is 1. The zero-order chi connectivity index (χ0) is 9.42. The van der Waals surface area contributed by atoms with Gasteiger partial charge in [-0.05, 0) is 6.07 Å². The molecule has 2 aromatic heterocycles. The summed E-state index contributed by atoms with van der Waals surface area (Å²) in [5, 5.41) is 4.29. The van der Waals surface area contributed by atoms with Gasteiger partial charge in [-0.3, -0.25) is 9.48 Å². The third kappa shape index (κ3) is 1.19. The Morgan fingerprint density at radius 3 is 3.08 bits per heavy atom. The van der Waals surface area contributed by atoms with Crippen molar-refractivity contribution < 1.29 is 4.79 Å². The molecule has 0 bridgehead atoms. The van der Waals surface area contributed by atoms with Crippen LogP contribution in [0.15, 0.2) is 12.3 Å². The number of aromatic nitrogens is 3. The van der Waals surface area contributed by atoms with E-state index in [2.05, 4.69) is 10.1 Å². The van der Waals surface area contributed by atoms with Gasteiger partial charge in [0.15, 0.2) is 6.29 Å². The van der Waals surface area contributed by atoms with Crippen molar-refractivity contribution >= 4 is 28.9 Å². The molecule has 0 aliphatic rings. The van der Waals surface area contributed by atoms with E-state index >= 15 is 0 Å². The average Bonchev–Trinajstić information content (AvgIpc) is 2.46. The standard InChI is InChI=1S/C8H6ClN3O/c1-12-8-5(4-13)2-7(9)11-6(8)3-10-12/h2-4H,1H3. The van der Waals surface area contributed by atoms with Crippen molar-refractivity contribution in [3.8, 4) is 0 Å². The van der Waals surface area contributed by atoms with Crippen molar-refractivity contribution in [2.45, 2.75) is 0 Å². The van der Waals surface area contributed by atoms with Crippen molar-refractivity contribution in [2.24, 2.45) is 7.05 Å². The fraction of sp³-hybridized carbons (Fsp3) is 0.125. The molecule has 0 saturated carbocycles. The number of carbonyl (C=O) groups excluding carboxylic acids is 1. The maximum Gasteiger partial charge on any atom is 0.152 e. The number of aldehydes is 1. The second-order valence-electron chi connectivity index (χ2n) is 2.65. The summed E-state index contributed by atoms with van der Waals surface area (Å²) in [6.07, 6.45) is 2.33. The number of carbonyl (C=O) groups is 1. The fourth-order valence-corrected chi connectivity index (χ4v) is 1.48. The number of hydrogen-bond donors (Lipinski definition) is 0. The number of pyridine rings is 1. The van der Waals surface area contributed by atoms with Gasteiger partial charge < -0.3 is 0 Å². The first-order valence-electron chi connectivity index (χ1n) is 3.66. The maximum atomic E-state index is 10.7. The summed E-state index contributed by atoms with van der Waals surface area (Å²) in [7, 11) is 1.75. The molecule has 0 unspecified atom stereocenters. The Labute approximate surface area is 79.1 Å². The van der Waals surface area contributed by atoms with Gasteiger partial charge in [0.2, 0.25) is 0 Å². The fourth-order valence-electron chi connectivity index (χ4n) is 1.28. The van der Waals surface area contributed by atoms with Gasteiger partial charge in [0, 0.05) is 12.6 Å². The van der Waals surface area contributed by atoms with E-state index in [0.29, 0.717) is 21.7 Å². The summed E-state index contributed by atoms with van der Waals surface area (Å²) in [6.45, 7) is 0. The predicted molar refractivity (Wildman–Crippen MR) is 48.9 cm³/mol. The van der Waals surface area contributed by atoms with E-state index in [-0.39, 0.29) is 0 Å². The van der Waals surface area contributed by atoms with Crippen molar-refractivity contribution in [2.75, 3.05) is 0 Å². The van der Waals surface area contributed by atoms with E-state index in [1.165, 1.54) is 6.07 Å². The van der Waals surface area contributed by atoms with Crippen LogP contribution in [0.1, 0.15) is 10.4 Å². The van der Waals surface area contributed by atoms with Crippen LogP contribution in [0.25, 0.3) is 11.0 Å². The van der Waals surface area contributed by atoms with Crippen molar-refractivity contribution in [3.05, 3.63) is 23.0 Å². The number of rotatable bonds is 1. The molecule has 0 fully saturated rings. The van der Waals surface area contributed by atoms with Crippen LogP contribution in [0, 0.1) is 0 Å². The molecule has 2 heterocycles. The molecular weight excluding hydrogens is 190 g/mol. The lowest BCUT2D eigenvalue weighted by Gasteiger charge is -1.97. The molecule has 0 radical (unpaired) electrons. The summed E-state index contributed by atoms with van der Waals surface area (Å²) < 4.78 is 1.60. The van der Waals surface area contributed by atoms with E-state index in [4.69, 9.17) is 11.6 Å². The first kappa shape index (κ1) is 8.19. The SMILES string of the molecule is Cn1ncc2nc(Cl)cc(C=O)c21. The summed E-state index contributed by atoms with van der Waals surface area (Å²) in [5.41, 5.74) is 1.85. The Hall–Kier alpha value is -1.42. The molecule has 0 aromatic carbocycles. The van der Waals surface area contributed by atoms with Gasteiger partial charge in [-0.1, -0.05) is 11.6 Å². The third-order valence-corrected chi connectivity index (χ3v) is 2.02. The highest BCUT2D eigenvalue weighted by Crippen LogP contribution is 2.18. The molecule has 0 aliphatic heterocycles. The third-order valence-electron chi connectivity index (χ3n) is 1.82.